The number of sulfone groups is 1. The van der Waals surface area contributed by atoms with Crippen LogP contribution in [0, 0.1) is 5.92 Å². The quantitative estimate of drug-likeness (QED) is 0.748. The van der Waals surface area contributed by atoms with Gasteiger partial charge in [-0.15, -0.1) is 0 Å². The maximum Gasteiger partial charge on any atom is 0.410 e. The molecule has 1 fully saturated rings. The van der Waals surface area contributed by atoms with Crippen LogP contribution >= 0.6 is 0 Å². The lowest BCUT2D eigenvalue weighted by atomic mass is 9.97. The van der Waals surface area contributed by atoms with Crippen LogP contribution in [0.1, 0.15) is 26.7 Å². The molecule has 0 spiro atoms. The Hall–Kier alpha value is -2.68. The summed E-state index contributed by atoms with van der Waals surface area (Å²) in [6.07, 6.45) is 6.10. The molecule has 0 saturated carbocycles. The highest BCUT2D eigenvalue weighted by Gasteiger charge is 2.24. The summed E-state index contributed by atoms with van der Waals surface area (Å²) < 4.78 is 28.4. The first-order chi connectivity index (χ1) is 14.2. The highest BCUT2D eigenvalue weighted by molar-refractivity contribution is 7.90. The van der Waals surface area contributed by atoms with Crippen LogP contribution in [0.3, 0.4) is 0 Å². The average Bonchev–Trinajstić information content (AvgIpc) is 2.72. The predicted octanol–water partition coefficient (Wildman–Crippen LogP) is 3.22. The van der Waals surface area contributed by atoms with Crippen LogP contribution in [0.2, 0.25) is 0 Å². The second-order valence-corrected chi connectivity index (χ2v) is 9.85. The van der Waals surface area contributed by atoms with E-state index in [1.165, 1.54) is 6.26 Å². The monoisotopic (exact) mass is 432 g/mol. The number of anilines is 1. The first kappa shape index (κ1) is 22.0. The first-order valence-corrected chi connectivity index (χ1v) is 11.9. The molecule has 0 radical (unpaired) electrons. The van der Waals surface area contributed by atoms with E-state index in [-0.39, 0.29) is 17.1 Å². The van der Waals surface area contributed by atoms with Gasteiger partial charge in [0.1, 0.15) is 0 Å². The first-order valence-electron chi connectivity index (χ1n) is 10.0. The van der Waals surface area contributed by atoms with Gasteiger partial charge in [-0.25, -0.2) is 23.2 Å². The van der Waals surface area contributed by atoms with Crippen LogP contribution in [0.4, 0.5) is 10.7 Å². The van der Waals surface area contributed by atoms with Gasteiger partial charge in [-0.1, -0.05) is 12.1 Å². The second-order valence-electron chi connectivity index (χ2n) is 7.84. The Bertz CT molecular complexity index is 952. The van der Waals surface area contributed by atoms with Crippen molar-refractivity contribution in [1.82, 2.24) is 14.9 Å². The summed E-state index contributed by atoms with van der Waals surface area (Å²) in [5, 5.41) is 3.26. The smallest absolute Gasteiger partial charge is 0.410 e. The molecule has 9 heteroatoms. The summed E-state index contributed by atoms with van der Waals surface area (Å²) in [4.78, 5) is 22.7. The van der Waals surface area contributed by atoms with Crippen molar-refractivity contribution in [3.8, 4) is 11.1 Å². The fraction of sp³-hybridized carbons (Fsp3) is 0.476. The molecule has 1 amide bonds. The van der Waals surface area contributed by atoms with Crippen LogP contribution in [-0.4, -0.2) is 61.4 Å². The van der Waals surface area contributed by atoms with E-state index in [2.05, 4.69) is 15.3 Å². The van der Waals surface area contributed by atoms with E-state index in [0.717, 1.165) is 30.5 Å². The minimum absolute atomic E-state index is 0.102. The van der Waals surface area contributed by atoms with E-state index in [1.54, 1.807) is 41.6 Å². The number of rotatable bonds is 6. The normalized spacial score (nSPS) is 15.3. The molecule has 1 aromatic heterocycles. The fourth-order valence-electron chi connectivity index (χ4n) is 3.29. The Morgan fingerprint density at radius 1 is 1.13 bits per heavy atom. The van der Waals surface area contributed by atoms with Gasteiger partial charge in [-0.05, 0) is 50.3 Å². The summed E-state index contributed by atoms with van der Waals surface area (Å²) in [7, 11) is -3.21. The Morgan fingerprint density at radius 2 is 1.73 bits per heavy atom. The van der Waals surface area contributed by atoms with E-state index >= 15 is 0 Å². The predicted molar refractivity (Wildman–Crippen MR) is 115 cm³/mol. The number of hydrogen-bond acceptors (Lipinski definition) is 7. The van der Waals surface area contributed by atoms with Crippen LogP contribution in [0.5, 0.6) is 0 Å². The zero-order valence-electron chi connectivity index (χ0n) is 17.5. The lowest BCUT2D eigenvalue weighted by Crippen LogP contribution is -2.41. The van der Waals surface area contributed by atoms with Crippen LogP contribution in [0.15, 0.2) is 41.6 Å². The van der Waals surface area contributed by atoms with E-state index in [9.17, 15) is 13.2 Å². The lowest BCUT2D eigenvalue weighted by molar-refractivity contribution is 0.0661. The molecular weight excluding hydrogens is 404 g/mol. The lowest BCUT2D eigenvalue weighted by Gasteiger charge is -2.31. The molecule has 1 aliphatic rings. The summed E-state index contributed by atoms with van der Waals surface area (Å²) in [5.41, 5.74) is 1.67. The van der Waals surface area contributed by atoms with Gasteiger partial charge in [0, 0.05) is 43.8 Å². The van der Waals surface area contributed by atoms with Crippen LogP contribution < -0.4 is 5.32 Å². The third-order valence-corrected chi connectivity index (χ3v) is 6.15. The Morgan fingerprint density at radius 3 is 2.27 bits per heavy atom. The zero-order valence-corrected chi connectivity index (χ0v) is 18.4. The number of amides is 1. The van der Waals surface area contributed by atoms with Crippen molar-refractivity contribution < 1.29 is 17.9 Å². The highest BCUT2D eigenvalue weighted by Crippen LogP contribution is 2.22. The molecule has 1 saturated heterocycles. The maximum absolute atomic E-state index is 11.9. The Balaban J connectivity index is 1.49. The molecule has 8 nitrogen and oxygen atoms in total. The van der Waals surface area contributed by atoms with E-state index in [1.807, 2.05) is 13.8 Å². The minimum atomic E-state index is -3.21. The van der Waals surface area contributed by atoms with Gasteiger partial charge in [-0.3, -0.25) is 0 Å². The van der Waals surface area contributed by atoms with Gasteiger partial charge in [0.2, 0.25) is 5.95 Å². The number of nitrogens with zero attached hydrogens (tertiary/aromatic N) is 3. The standard InChI is InChI=1S/C21H28N4O4S/c1-15(2)29-21(26)25-10-8-16(9-11-25)12-22-20-23-13-18(14-24-20)17-4-6-19(7-5-17)30(3,27)28/h4-7,13-16H,8-12H2,1-3H3,(H,22,23,24). The molecule has 1 aromatic carbocycles. The third-order valence-electron chi connectivity index (χ3n) is 5.03. The summed E-state index contributed by atoms with van der Waals surface area (Å²) in [5.74, 6) is 0.994. The summed E-state index contributed by atoms with van der Waals surface area (Å²) in [6.45, 7) is 5.84. The topological polar surface area (TPSA) is 101 Å². The van der Waals surface area contributed by atoms with Crippen molar-refractivity contribution in [3.63, 3.8) is 0 Å². The van der Waals surface area contributed by atoms with Crippen LogP contribution in [0.25, 0.3) is 11.1 Å². The number of piperidine rings is 1. The van der Waals surface area contributed by atoms with Gasteiger partial charge in [0.25, 0.3) is 0 Å². The van der Waals surface area contributed by atoms with Crippen molar-refractivity contribution in [2.75, 3.05) is 31.2 Å². The maximum atomic E-state index is 11.9. The van der Waals surface area contributed by atoms with Gasteiger partial charge < -0.3 is 15.0 Å². The van der Waals surface area contributed by atoms with Crippen molar-refractivity contribution in [3.05, 3.63) is 36.7 Å². The molecule has 2 aromatic rings. The number of ether oxygens (including phenoxy) is 1. The fourth-order valence-corrected chi connectivity index (χ4v) is 3.92. The molecule has 3 rings (SSSR count). The summed E-state index contributed by atoms with van der Waals surface area (Å²) in [6, 6.07) is 6.67. The largest absolute Gasteiger partial charge is 0.447 e. The molecule has 2 heterocycles. The van der Waals surface area contributed by atoms with Crippen molar-refractivity contribution in [1.29, 1.82) is 0 Å². The number of carbonyl (C=O) groups is 1. The molecule has 0 aliphatic carbocycles. The molecule has 0 bridgehead atoms. The van der Waals surface area contributed by atoms with Crippen molar-refractivity contribution in [2.24, 2.45) is 5.92 Å². The van der Waals surface area contributed by atoms with Crippen molar-refractivity contribution >= 4 is 21.9 Å². The number of benzene rings is 1. The number of carbonyl (C=O) groups excluding carboxylic acids is 1. The van der Waals surface area contributed by atoms with Gasteiger partial charge in [0.15, 0.2) is 9.84 Å². The number of aromatic nitrogens is 2. The Labute approximate surface area is 177 Å². The highest BCUT2D eigenvalue weighted by atomic mass is 32.2. The van der Waals surface area contributed by atoms with E-state index in [0.29, 0.717) is 25.0 Å². The number of likely N-dealkylation sites (tertiary alicyclic amines) is 1. The van der Waals surface area contributed by atoms with E-state index < -0.39 is 9.84 Å². The molecule has 1 aliphatic heterocycles. The third kappa shape index (κ3) is 5.91. The van der Waals surface area contributed by atoms with E-state index in [4.69, 9.17) is 4.74 Å². The SMILES string of the molecule is CC(C)OC(=O)N1CCC(CNc2ncc(-c3ccc(S(C)(=O)=O)cc3)cn2)CC1. The molecule has 30 heavy (non-hydrogen) atoms. The van der Waals surface area contributed by atoms with Crippen molar-refractivity contribution in [2.45, 2.75) is 37.7 Å². The molecular formula is C21H28N4O4S. The molecule has 0 atom stereocenters. The number of nitrogens with one attached hydrogen (secondary N) is 1. The molecule has 0 unspecified atom stereocenters. The summed E-state index contributed by atoms with van der Waals surface area (Å²) >= 11 is 0. The molecule has 162 valence electrons. The minimum Gasteiger partial charge on any atom is -0.447 e. The van der Waals surface area contributed by atoms with Gasteiger partial charge in [-0.2, -0.15) is 0 Å². The Kier molecular flexibility index (Phi) is 6.91. The average molecular weight is 433 g/mol. The zero-order chi connectivity index (χ0) is 21.7. The second kappa shape index (κ2) is 9.42. The van der Waals surface area contributed by atoms with Crippen LogP contribution in [-0.2, 0) is 14.6 Å². The molecule has 1 N–H and O–H groups in total. The van der Waals surface area contributed by atoms with Gasteiger partial charge >= 0.3 is 6.09 Å². The van der Waals surface area contributed by atoms with Gasteiger partial charge in [0.05, 0.1) is 11.0 Å². The number of hydrogen-bond donors (Lipinski definition) is 1.